The van der Waals surface area contributed by atoms with Crippen molar-refractivity contribution in [1.82, 2.24) is 20.5 Å². The van der Waals surface area contributed by atoms with Gasteiger partial charge in [-0.3, -0.25) is 4.79 Å². The Morgan fingerprint density at radius 2 is 2.00 bits per heavy atom. The van der Waals surface area contributed by atoms with Crippen LogP contribution < -0.4 is 10.6 Å². The number of nitrogens with one attached hydrogen (secondary N) is 2. The van der Waals surface area contributed by atoms with E-state index < -0.39 is 0 Å². The molecule has 24 heavy (non-hydrogen) atoms. The van der Waals surface area contributed by atoms with Crippen LogP contribution in [0.5, 0.6) is 0 Å². The molecule has 1 aromatic carbocycles. The van der Waals surface area contributed by atoms with E-state index in [1.807, 2.05) is 30.3 Å². The van der Waals surface area contributed by atoms with Crippen LogP contribution in [0.1, 0.15) is 16.9 Å². The minimum Gasteiger partial charge on any atom is -0.444 e. The molecule has 1 amide bonds. The van der Waals surface area contributed by atoms with Gasteiger partial charge in [-0.15, -0.1) is 12.4 Å². The molecule has 6 nitrogen and oxygen atoms in total. The SMILES string of the molecule is Cl.O=C(NCCCN1CCNCC1)c1coc(-c2ccccc2)n1. The summed E-state index contributed by atoms with van der Waals surface area (Å²) in [6.07, 6.45) is 2.35. The molecule has 2 N–H and O–H groups in total. The third-order valence-corrected chi connectivity index (χ3v) is 3.90. The highest BCUT2D eigenvalue weighted by molar-refractivity contribution is 5.92. The maximum Gasteiger partial charge on any atom is 0.273 e. The van der Waals surface area contributed by atoms with Gasteiger partial charge in [0.15, 0.2) is 5.69 Å². The van der Waals surface area contributed by atoms with E-state index in [4.69, 9.17) is 4.42 Å². The van der Waals surface area contributed by atoms with Crippen molar-refractivity contribution in [3.63, 3.8) is 0 Å². The predicted octanol–water partition coefficient (Wildman–Crippen LogP) is 1.79. The summed E-state index contributed by atoms with van der Waals surface area (Å²) >= 11 is 0. The molecule has 1 aliphatic rings. The Morgan fingerprint density at radius 1 is 1.25 bits per heavy atom. The topological polar surface area (TPSA) is 70.4 Å². The second-order valence-electron chi connectivity index (χ2n) is 5.61. The zero-order valence-electron chi connectivity index (χ0n) is 13.5. The fourth-order valence-corrected chi connectivity index (χ4v) is 2.62. The highest BCUT2D eigenvalue weighted by atomic mass is 35.5. The molecule has 130 valence electrons. The van der Waals surface area contributed by atoms with Gasteiger partial charge in [0.2, 0.25) is 5.89 Å². The molecule has 7 heteroatoms. The first-order chi connectivity index (χ1) is 11.3. The van der Waals surface area contributed by atoms with Gasteiger partial charge in [0, 0.05) is 38.3 Å². The molecule has 0 saturated carbocycles. The number of rotatable bonds is 6. The zero-order valence-corrected chi connectivity index (χ0v) is 14.3. The summed E-state index contributed by atoms with van der Waals surface area (Å²) < 4.78 is 5.39. The summed E-state index contributed by atoms with van der Waals surface area (Å²) in [6, 6.07) is 9.56. The predicted molar refractivity (Wildman–Crippen MR) is 95.4 cm³/mol. The number of nitrogens with zero attached hydrogens (tertiary/aromatic N) is 2. The molecular weight excluding hydrogens is 328 g/mol. The zero-order chi connectivity index (χ0) is 15.9. The van der Waals surface area contributed by atoms with Crippen LogP contribution in [-0.4, -0.2) is 55.1 Å². The molecular formula is C17H23ClN4O2. The molecule has 0 spiro atoms. The third kappa shape index (κ3) is 5.06. The number of hydrogen-bond acceptors (Lipinski definition) is 5. The minimum absolute atomic E-state index is 0. The molecule has 1 fully saturated rings. The summed E-state index contributed by atoms with van der Waals surface area (Å²) in [5.41, 5.74) is 1.19. The number of carbonyl (C=O) groups is 1. The van der Waals surface area contributed by atoms with Crippen LogP contribution in [0.3, 0.4) is 0 Å². The van der Waals surface area contributed by atoms with Crippen LogP contribution in [0.2, 0.25) is 0 Å². The lowest BCUT2D eigenvalue weighted by Crippen LogP contribution is -2.44. The fourth-order valence-electron chi connectivity index (χ4n) is 2.62. The van der Waals surface area contributed by atoms with Crippen molar-refractivity contribution < 1.29 is 9.21 Å². The van der Waals surface area contributed by atoms with Gasteiger partial charge >= 0.3 is 0 Å². The molecule has 0 bridgehead atoms. The maximum absolute atomic E-state index is 12.1. The summed E-state index contributed by atoms with van der Waals surface area (Å²) in [7, 11) is 0. The Kier molecular flexibility index (Phi) is 7.24. The molecule has 0 aliphatic carbocycles. The summed E-state index contributed by atoms with van der Waals surface area (Å²) in [5.74, 6) is 0.285. The van der Waals surface area contributed by atoms with E-state index in [9.17, 15) is 4.79 Å². The monoisotopic (exact) mass is 350 g/mol. The largest absolute Gasteiger partial charge is 0.444 e. The molecule has 1 saturated heterocycles. The molecule has 1 aromatic heterocycles. The lowest BCUT2D eigenvalue weighted by atomic mass is 10.2. The first-order valence-electron chi connectivity index (χ1n) is 8.05. The van der Waals surface area contributed by atoms with E-state index in [0.717, 1.165) is 44.7 Å². The normalized spacial score (nSPS) is 14.8. The van der Waals surface area contributed by atoms with Crippen LogP contribution in [0, 0.1) is 0 Å². The molecule has 0 atom stereocenters. The Labute approximate surface area is 148 Å². The van der Waals surface area contributed by atoms with Crippen molar-refractivity contribution in [1.29, 1.82) is 0 Å². The van der Waals surface area contributed by atoms with E-state index in [0.29, 0.717) is 18.1 Å². The lowest BCUT2D eigenvalue weighted by molar-refractivity contribution is 0.0946. The van der Waals surface area contributed by atoms with Gasteiger partial charge in [0.25, 0.3) is 5.91 Å². The smallest absolute Gasteiger partial charge is 0.273 e. The summed E-state index contributed by atoms with van der Waals surface area (Å²) in [5, 5.41) is 6.23. The molecule has 2 aromatic rings. The first-order valence-corrected chi connectivity index (χ1v) is 8.05. The number of carbonyl (C=O) groups excluding carboxylic acids is 1. The highest BCUT2D eigenvalue weighted by Gasteiger charge is 2.13. The Morgan fingerprint density at radius 3 is 2.75 bits per heavy atom. The van der Waals surface area contributed by atoms with E-state index in [2.05, 4.69) is 20.5 Å². The van der Waals surface area contributed by atoms with Gasteiger partial charge in [-0.05, 0) is 25.1 Å². The van der Waals surface area contributed by atoms with Crippen molar-refractivity contribution >= 4 is 18.3 Å². The van der Waals surface area contributed by atoms with E-state index in [1.54, 1.807) is 0 Å². The van der Waals surface area contributed by atoms with Crippen LogP contribution in [0.4, 0.5) is 0 Å². The van der Waals surface area contributed by atoms with Gasteiger partial charge in [-0.2, -0.15) is 0 Å². The standard InChI is InChI=1S/C17H22N4O2.ClH/c22-16(19-7-4-10-21-11-8-18-9-12-21)15-13-23-17(20-15)14-5-2-1-3-6-14;/h1-3,5-6,13,18H,4,7-12H2,(H,19,22);1H. The minimum atomic E-state index is -0.184. The lowest BCUT2D eigenvalue weighted by Gasteiger charge is -2.26. The van der Waals surface area contributed by atoms with Crippen molar-refractivity contribution in [2.24, 2.45) is 0 Å². The van der Waals surface area contributed by atoms with Crippen molar-refractivity contribution in [3.8, 4) is 11.5 Å². The fraction of sp³-hybridized carbons (Fsp3) is 0.412. The van der Waals surface area contributed by atoms with Crippen molar-refractivity contribution in [2.75, 3.05) is 39.3 Å². The Hall–Kier alpha value is -1.89. The van der Waals surface area contributed by atoms with Crippen LogP contribution in [0.25, 0.3) is 11.5 Å². The van der Waals surface area contributed by atoms with E-state index in [-0.39, 0.29) is 18.3 Å². The second kappa shape index (κ2) is 9.42. The van der Waals surface area contributed by atoms with Crippen molar-refractivity contribution in [2.45, 2.75) is 6.42 Å². The first kappa shape index (κ1) is 18.4. The summed E-state index contributed by atoms with van der Waals surface area (Å²) in [6.45, 7) is 5.92. The van der Waals surface area contributed by atoms with Crippen LogP contribution >= 0.6 is 12.4 Å². The van der Waals surface area contributed by atoms with E-state index in [1.165, 1.54) is 6.26 Å². The quantitative estimate of drug-likeness (QED) is 0.777. The van der Waals surface area contributed by atoms with Crippen LogP contribution in [0.15, 0.2) is 41.0 Å². The number of piperazine rings is 1. The van der Waals surface area contributed by atoms with Crippen LogP contribution in [-0.2, 0) is 0 Å². The Balaban J connectivity index is 0.00000208. The van der Waals surface area contributed by atoms with Gasteiger partial charge in [0.1, 0.15) is 6.26 Å². The highest BCUT2D eigenvalue weighted by Crippen LogP contribution is 2.17. The number of benzene rings is 1. The van der Waals surface area contributed by atoms with Gasteiger partial charge < -0.3 is 20.0 Å². The maximum atomic E-state index is 12.1. The van der Waals surface area contributed by atoms with Gasteiger partial charge in [0.05, 0.1) is 0 Å². The number of oxazole rings is 1. The number of aromatic nitrogens is 1. The second-order valence-corrected chi connectivity index (χ2v) is 5.61. The van der Waals surface area contributed by atoms with Gasteiger partial charge in [-0.25, -0.2) is 4.98 Å². The molecule has 3 rings (SSSR count). The average molecular weight is 351 g/mol. The Bertz CT molecular complexity index is 627. The number of hydrogen-bond donors (Lipinski definition) is 2. The molecule has 0 unspecified atom stereocenters. The third-order valence-electron chi connectivity index (χ3n) is 3.90. The van der Waals surface area contributed by atoms with Gasteiger partial charge in [-0.1, -0.05) is 18.2 Å². The average Bonchev–Trinajstić information content (AvgIpc) is 3.10. The summed E-state index contributed by atoms with van der Waals surface area (Å²) in [4.78, 5) is 18.7. The number of halogens is 1. The molecule has 0 radical (unpaired) electrons. The molecule has 2 heterocycles. The van der Waals surface area contributed by atoms with E-state index >= 15 is 0 Å². The number of amides is 1. The molecule has 1 aliphatic heterocycles. The van der Waals surface area contributed by atoms with Crippen molar-refractivity contribution in [3.05, 3.63) is 42.3 Å².